The van der Waals surface area contributed by atoms with Crippen LogP contribution >= 0.6 is 0 Å². The summed E-state index contributed by atoms with van der Waals surface area (Å²) in [4.78, 5) is 5.11. The molecule has 0 saturated carbocycles. The Bertz CT molecular complexity index is 370. The van der Waals surface area contributed by atoms with E-state index in [-0.39, 0.29) is 12.2 Å². The van der Waals surface area contributed by atoms with Gasteiger partial charge in [-0.15, -0.1) is 0 Å². The summed E-state index contributed by atoms with van der Waals surface area (Å²) in [5.41, 5.74) is 15.8. The Kier molecular flexibility index (Phi) is 3.78. The van der Waals surface area contributed by atoms with Gasteiger partial charge in [0.25, 0.3) is 0 Å². The zero-order valence-electron chi connectivity index (χ0n) is 9.81. The Morgan fingerprint density at radius 1 is 1.28 bits per heavy atom. The molecule has 6 N–H and O–H groups in total. The minimum absolute atomic E-state index is 0.00907. The number of benzene rings is 1. The van der Waals surface area contributed by atoms with Crippen LogP contribution in [0.15, 0.2) is 30.3 Å². The van der Waals surface area contributed by atoms with Gasteiger partial charge in [-0.3, -0.25) is 5.32 Å². The predicted molar refractivity (Wildman–Crippen MR) is 64.4 cm³/mol. The Morgan fingerprint density at radius 3 is 2.94 bits per heavy atom. The molecule has 1 aromatic rings. The molecule has 98 valence electrons. The number of hydrogen-bond donors (Lipinski definition) is 6. The van der Waals surface area contributed by atoms with Crippen molar-refractivity contribution in [3.63, 3.8) is 0 Å². The van der Waals surface area contributed by atoms with Gasteiger partial charge in [0.1, 0.15) is 6.17 Å². The molecule has 2 saturated heterocycles. The van der Waals surface area contributed by atoms with Gasteiger partial charge < -0.3 is 0 Å². The van der Waals surface area contributed by atoms with E-state index in [0.29, 0.717) is 6.67 Å². The average Bonchev–Trinajstić information content (AvgIpc) is 3.09. The molecule has 0 radical (unpaired) electrons. The first-order valence-corrected chi connectivity index (χ1v) is 5.87. The van der Waals surface area contributed by atoms with E-state index in [1.54, 1.807) is 0 Å². The van der Waals surface area contributed by atoms with Crippen molar-refractivity contribution in [1.82, 2.24) is 37.8 Å². The molecule has 2 aliphatic rings. The topological polar surface area (TPSA) is 84.7 Å². The van der Waals surface area contributed by atoms with Crippen molar-refractivity contribution in [2.45, 2.75) is 12.2 Å². The fourth-order valence-electron chi connectivity index (χ4n) is 1.97. The van der Waals surface area contributed by atoms with Crippen LogP contribution in [0.25, 0.3) is 0 Å². The second-order valence-electron chi connectivity index (χ2n) is 4.18. The molecule has 2 atom stereocenters. The minimum atomic E-state index is 0.00907. The number of rotatable bonds is 4. The summed E-state index contributed by atoms with van der Waals surface area (Å²) in [6.45, 7) is 1.40. The SMILES string of the molecule is c1ccc(C2NONC2NCN2CNNN2)cc1. The lowest BCUT2D eigenvalue weighted by atomic mass is 10.1. The van der Waals surface area contributed by atoms with E-state index < -0.39 is 0 Å². The highest BCUT2D eigenvalue weighted by molar-refractivity contribution is 5.20. The number of hydroxylamine groups is 2. The summed E-state index contributed by atoms with van der Waals surface area (Å²) < 4.78 is 0. The molecule has 0 bridgehead atoms. The Balaban J connectivity index is 1.57. The Morgan fingerprint density at radius 2 is 2.17 bits per heavy atom. The van der Waals surface area contributed by atoms with Crippen LogP contribution in [0.3, 0.4) is 0 Å². The van der Waals surface area contributed by atoms with Gasteiger partial charge in [0.15, 0.2) is 0 Å². The zero-order chi connectivity index (χ0) is 12.2. The van der Waals surface area contributed by atoms with E-state index in [0.717, 1.165) is 6.67 Å². The summed E-state index contributed by atoms with van der Waals surface area (Å²) in [6, 6.07) is 10.3. The predicted octanol–water partition coefficient (Wildman–Crippen LogP) is -1.57. The maximum Gasteiger partial charge on any atom is 0.106 e. The van der Waals surface area contributed by atoms with Crippen LogP contribution in [0, 0.1) is 0 Å². The van der Waals surface area contributed by atoms with E-state index >= 15 is 0 Å². The van der Waals surface area contributed by atoms with Crippen LogP contribution in [-0.4, -0.2) is 24.5 Å². The van der Waals surface area contributed by atoms with Crippen LogP contribution in [0.2, 0.25) is 0 Å². The first-order chi connectivity index (χ1) is 8.93. The summed E-state index contributed by atoms with van der Waals surface area (Å²) >= 11 is 0. The fraction of sp³-hybridized carbons (Fsp3) is 0.400. The van der Waals surface area contributed by atoms with Gasteiger partial charge in [-0.1, -0.05) is 30.3 Å². The number of nitrogens with zero attached hydrogens (tertiary/aromatic N) is 1. The van der Waals surface area contributed by atoms with E-state index in [1.807, 2.05) is 23.2 Å². The van der Waals surface area contributed by atoms with Crippen LogP contribution in [0.5, 0.6) is 0 Å². The third kappa shape index (κ3) is 2.66. The molecule has 3 rings (SSSR count). The van der Waals surface area contributed by atoms with Gasteiger partial charge in [-0.25, -0.2) is 15.4 Å². The summed E-state index contributed by atoms with van der Waals surface area (Å²) in [7, 11) is 0. The summed E-state index contributed by atoms with van der Waals surface area (Å²) in [6.07, 6.45) is 0.00907. The molecular weight excluding hydrogens is 234 g/mol. The lowest BCUT2D eigenvalue weighted by Gasteiger charge is -2.21. The standard InChI is InChI=1S/C10H17N7O/c1-2-4-8(5-3-1)9-10(14-18-13-9)11-6-17-7-12-15-16-17/h1-5,9-16H,6-7H2. The zero-order valence-corrected chi connectivity index (χ0v) is 9.81. The second kappa shape index (κ2) is 5.69. The second-order valence-corrected chi connectivity index (χ2v) is 4.18. The van der Waals surface area contributed by atoms with Gasteiger partial charge in [-0.05, 0) is 5.56 Å². The monoisotopic (exact) mass is 251 g/mol. The summed E-state index contributed by atoms with van der Waals surface area (Å²) in [5, 5.41) is 5.32. The first kappa shape index (κ1) is 12.0. The molecule has 0 aromatic heterocycles. The third-order valence-electron chi connectivity index (χ3n) is 2.94. The van der Waals surface area contributed by atoms with Crippen LogP contribution in [0.1, 0.15) is 11.6 Å². The molecule has 1 aromatic carbocycles. The average molecular weight is 251 g/mol. The smallest absolute Gasteiger partial charge is 0.106 e. The molecule has 2 heterocycles. The molecule has 0 aliphatic carbocycles. The maximum atomic E-state index is 5.11. The Hall–Kier alpha value is -1.10. The minimum Gasteiger partial charge on any atom is -0.284 e. The van der Waals surface area contributed by atoms with Crippen molar-refractivity contribution in [3.8, 4) is 0 Å². The van der Waals surface area contributed by atoms with E-state index in [9.17, 15) is 0 Å². The van der Waals surface area contributed by atoms with E-state index in [4.69, 9.17) is 4.94 Å². The highest BCUT2D eigenvalue weighted by atomic mass is 16.8. The number of hydrazine groups is 3. The molecule has 8 nitrogen and oxygen atoms in total. The van der Waals surface area contributed by atoms with Gasteiger partial charge in [0, 0.05) is 0 Å². The number of hydrogen-bond acceptors (Lipinski definition) is 8. The van der Waals surface area contributed by atoms with Crippen molar-refractivity contribution in [3.05, 3.63) is 35.9 Å². The molecule has 0 spiro atoms. The third-order valence-corrected chi connectivity index (χ3v) is 2.94. The normalized spacial score (nSPS) is 28.9. The van der Waals surface area contributed by atoms with E-state index in [1.165, 1.54) is 5.56 Å². The van der Waals surface area contributed by atoms with Crippen molar-refractivity contribution in [1.29, 1.82) is 0 Å². The molecule has 8 heteroatoms. The lowest BCUT2D eigenvalue weighted by Crippen LogP contribution is -2.49. The molecule has 2 unspecified atom stereocenters. The first-order valence-electron chi connectivity index (χ1n) is 5.87. The molecular formula is C10H17N7O. The van der Waals surface area contributed by atoms with Crippen molar-refractivity contribution in [2.24, 2.45) is 0 Å². The van der Waals surface area contributed by atoms with E-state index in [2.05, 4.69) is 44.9 Å². The molecule has 2 fully saturated rings. The molecule has 2 aliphatic heterocycles. The van der Waals surface area contributed by atoms with Gasteiger partial charge >= 0.3 is 0 Å². The number of nitrogens with one attached hydrogen (secondary N) is 6. The van der Waals surface area contributed by atoms with Crippen LogP contribution < -0.4 is 32.8 Å². The molecule has 0 amide bonds. The van der Waals surface area contributed by atoms with Crippen LogP contribution in [-0.2, 0) is 4.94 Å². The largest absolute Gasteiger partial charge is 0.284 e. The van der Waals surface area contributed by atoms with Crippen molar-refractivity contribution < 1.29 is 4.94 Å². The quantitative estimate of drug-likeness (QED) is 0.383. The molecule has 18 heavy (non-hydrogen) atoms. The summed E-state index contributed by atoms with van der Waals surface area (Å²) in [5.74, 6) is 0. The van der Waals surface area contributed by atoms with Gasteiger partial charge in [-0.2, -0.15) is 22.0 Å². The van der Waals surface area contributed by atoms with Crippen molar-refractivity contribution >= 4 is 0 Å². The van der Waals surface area contributed by atoms with Crippen molar-refractivity contribution in [2.75, 3.05) is 13.3 Å². The highest BCUT2D eigenvalue weighted by Gasteiger charge is 2.29. The highest BCUT2D eigenvalue weighted by Crippen LogP contribution is 2.18. The Labute approximate surface area is 105 Å². The maximum absolute atomic E-state index is 5.11. The van der Waals surface area contributed by atoms with Gasteiger partial charge in [0.2, 0.25) is 0 Å². The lowest BCUT2D eigenvalue weighted by molar-refractivity contribution is 0.00527. The van der Waals surface area contributed by atoms with Crippen LogP contribution in [0.4, 0.5) is 0 Å². The fourth-order valence-corrected chi connectivity index (χ4v) is 1.97. The van der Waals surface area contributed by atoms with Gasteiger partial charge in [0.05, 0.1) is 19.4 Å².